The highest BCUT2D eigenvalue weighted by Crippen LogP contribution is 2.26. The van der Waals surface area contributed by atoms with Crippen LogP contribution in [-0.2, 0) is 17.8 Å². The van der Waals surface area contributed by atoms with Crippen molar-refractivity contribution in [1.29, 1.82) is 0 Å². The third kappa shape index (κ3) is 6.51. The van der Waals surface area contributed by atoms with Gasteiger partial charge in [-0.3, -0.25) is 9.36 Å². The second-order valence-corrected chi connectivity index (χ2v) is 8.81. The molecule has 168 valence electrons. The SMILES string of the molecule is C=CCn1c(SCC(=O)Nc2cc(Cl)cc(Cl)c2)nnc1C(C)Oc1ccc(CC)cc1. The van der Waals surface area contributed by atoms with Crippen LogP contribution in [0.2, 0.25) is 10.0 Å². The number of nitrogens with zero attached hydrogens (tertiary/aromatic N) is 3. The number of allylic oxidation sites excluding steroid dienone is 1. The second-order valence-electron chi connectivity index (χ2n) is 6.99. The maximum absolute atomic E-state index is 12.4. The Morgan fingerprint density at radius 3 is 2.53 bits per heavy atom. The van der Waals surface area contributed by atoms with Crippen molar-refractivity contribution in [2.24, 2.45) is 0 Å². The number of nitrogens with one attached hydrogen (secondary N) is 1. The van der Waals surface area contributed by atoms with Crippen LogP contribution < -0.4 is 10.1 Å². The Hall–Kier alpha value is -2.48. The number of anilines is 1. The summed E-state index contributed by atoms with van der Waals surface area (Å²) in [5.74, 6) is 1.36. The summed E-state index contributed by atoms with van der Waals surface area (Å²) in [5, 5.41) is 12.9. The molecule has 0 bridgehead atoms. The number of amides is 1. The molecular weight excluding hydrogens is 467 g/mol. The Balaban J connectivity index is 1.66. The fraction of sp³-hybridized carbons (Fsp3) is 0.261. The Morgan fingerprint density at radius 2 is 1.91 bits per heavy atom. The number of halogens is 2. The van der Waals surface area contributed by atoms with Crippen LogP contribution >= 0.6 is 35.0 Å². The highest BCUT2D eigenvalue weighted by atomic mass is 35.5. The molecule has 0 aliphatic rings. The Morgan fingerprint density at radius 1 is 1.22 bits per heavy atom. The molecule has 1 heterocycles. The van der Waals surface area contributed by atoms with Gasteiger partial charge >= 0.3 is 0 Å². The van der Waals surface area contributed by atoms with Gasteiger partial charge < -0.3 is 10.1 Å². The minimum absolute atomic E-state index is 0.146. The van der Waals surface area contributed by atoms with Crippen LogP contribution in [-0.4, -0.2) is 26.4 Å². The van der Waals surface area contributed by atoms with Gasteiger partial charge in [0, 0.05) is 22.3 Å². The number of hydrogen-bond acceptors (Lipinski definition) is 5. The molecule has 6 nitrogen and oxygen atoms in total. The average molecular weight is 491 g/mol. The Kier molecular flexibility index (Phi) is 8.61. The molecule has 1 atom stereocenters. The number of ether oxygens (including phenoxy) is 1. The van der Waals surface area contributed by atoms with Crippen LogP contribution in [0.3, 0.4) is 0 Å². The van der Waals surface area contributed by atoms with E-state index in [2.05, 4.69) is 29.0 Å². The predicted octanol–water partition coefficient (Wildman–Crippen LogP) is 6.20. The van der Waals surface area contributed by atoms with Gasteiger partial charge in [-0.25, -0.2) is 0 Å². The molecule has 1 aromatic heterocycles. The van der Waals surface area contributed by atoms with Crippen LogP contribution in [0, 0.1) is 0 Å². The highest BCUT2D eigenvalue weighted by molar-refractivity contribution is 7.99. The summed E-state index contributed by atoms with van der Waals surface area (Å²) in [4.78, 5) is 12.4. The Labute approximate surface area is 202 Å². The first kappa shape index (κ1) is 24.2. The van der Waals surface area contributed by atoms with E-state index in [1.807, 2.05) is 35.8 Å². The van der Waals surface area contributed by atoms with Crippen LogP contribution in [0.15, 0.2) is 60.3 Å². The summed E-state index contributed by atoms with van der Waals surface area (Å²) < 4.78 is 7.95. The normalized spacial score (nSPS) is 11.8. The maximum Gasteiger partial charge on any atom is 0.234 e. The predicted molar refractivity (Wildman–Crippen MR) is 131 cm³/mol. The quantitative estimate of drug-likeness (QED) is 0.270. The van der Waals surface area contributed by atoms with Gasteiger partial charge in [-0.05, 0) is 49.2 Å². The lowest BCUT2D eigenvalue weighted by Crippen LogP contribution is -2.15. The van der Waals surface area contributed by atoms with Crippen molar-refractivity contribution in [2.45, 2.75) is 38.1 Å². The molecule has 0 saturated heterocycles. The van der Waals surface area contributed by atoms with Crippen molar-refractivity contribution in [3.8, 4) is 5.75 Å². The standard InChI is InChI=1S/C23H24Cl2N4O2S/c1-4-10-29-22(15(3)31-20-8-6-16(5-2)7-9-20)27-28-23(29)32-14-21(30)26-19-12-17(24)11-18(25)13-19/h4,6-9,11-13,15H,1,5,10,14H2,2-3H3,(H,26,30). The van der Waals surface area contributed by atoms with Gasteiger partial charge in [0.15, 0.2) is 17.1 Å². The van der Waals surface area contributed by atoms with Crippen molar-refractivity contribution in [3.05, 3.63) is 76.6 Å². The molecule has 1 N–H and O–H groups in total. The molecule has 0 spiro atoms. The third-order valence-corrected chi connectivity index (χ3v) is 5.95. The van der Waals surface area contributed by atoms with Crippen molar-refractivity contribution in [2.75, 3.05) is 11.1 Å². The van der Waals surface area contributed by atoms with Gasteiger partial charge in [0.25, 0.3) is 0 Å². The van der Waals surface area contributed by atoms with Crippen molar-refractivity contribution in [3.63, 3.8) is 0 Å². The van der Waals surface area contributed by atoms with Gasteiger partial charge in [-0.2, -0.15) is 0 Å². The van der Waals surface area contributed by atoms with E-state index in [1.54, 1.807) is 24.3 Å². The third-order valence-electron chi connectivity index (χ3n) is 4.54. The molecule has 0 radical (unpaired) electrons. The number of carbonyl (C=O) groups is 1. The zero-order valence-corrected chi connectivity index (χ0v) is 20.2. The molecule has 3 aromatic rings. The topological polar surface area (TPSA) is 69.0 Å². The zero-order chi connectivity index (χ0) is 23.1. The molecule has 0 aliphatic carbocycles. The molecule has 0 saturated carbocycles. The van der Waals surface area contributed by atoms with Gasteiger partial charge in [0.1, 0.15) is 5.75 Å². The molecule has 3 rings (SSSR count). The van der Waals surface area contributed by atoms with E-state index in [1.165, 1.54) is 17.3 Å². The molecule has 0 aliphatic heterocycles. The number of thioether (sulfide) groups is 1. The molecule has 2 aromatic carbocycles. The van der Waals surface area contributed by atoms with Crippen LogP contribution in [0.25, 0.3) is 0 Å². The van der Waals surface area contributed by atoms with E-state index in [-0.39, 0.29) is 17.8 Å². The van der Waals surface area contributed by atoms with Crippen LogP contribution in [0.4, 0.5) is 5.69 Å². The smallest absolute Gasteiger partial charge is 0.234 e. The summed E-state index contributed by atoms with van der Waals surface area (Å²) in [6.45, 7) is 8.34. The summed E-state index contributed by atoms with van der Waals surface area (Å²) in [6, 6.07) is 12.9. The fourth-order valence-electron chi connectivity index (χ4n) is 3.02. The van der Waals surface area contributed by atoms with Crippen LogP contribution in [0.1, 0.15) is 31.3 Å². The highest BCUT2D eigenvalue weighted by Gasteiger charge is 2.20. The summed E-state index contributed by atoms with van der Waals surface area (Å²) in [7, 11) is 0. The number of aromatic nitrogens is 3. The minimum Gasteiger partial charge on any atom is -0.483 e. The molecule has 1 amide bonds. The van der Waals surface area contributed by atoms with E-state index in [4.69, 9.17) is 27.9 Å². The van der Waals surface area contributed by atoms with E-state index in [0.717, 1.165) is 12.2 Å². The van der Waals surface area contributed by atoms with E-state index in [0.29, 0.717) is 33.3 Å². The largest absolute Gasteiger partial charge is 0.483 e. The number of carbonyl (C=O) groups excluding carboxylic acids is 1. The van der Waals surface area contributed by atoms with Gasteiger partial charge in [-0.1, -0.05) is 60.1 Å². The lowest BCUT2D eigenvalue weighted by atomic mass is 10.2. The first-order valence-electron chi connectivity index (χ1n) is 10.1. The molecule has 32 heavy (non-hydrogen) atoms. The molecular formula is C23H24Cl2N4O2S. The van der Waals surface area contributed by atoms with Gasteiger partial charge in [0.2, 0.25) is 5.91 Å². The lowest BCUT2D eigenvalue weighted by Gasteiger charge is -2.16. The monoisotopic (exact) mass is 490 g/mol. The maximum atomic E-state index is 12.4. The van der Waals surface area contributed by atoms with E-state index < -0.39 is 0 Å². The number of aryl methyl sites for hydroxylation is 1. The fourth-order valence-corrected chi connectivity index (χ4v) is 4.30. The first-order chi connectivity index (χ1) is 15.4. The van der Waals surface area contributed by atoms with Crippen molar-refractivity contribution < 1.29 is 9.53 Å². The Bertz CT molecular complexity index is 1070. The lowest BCUT2D eigenvalue weighted by molar-refractivity contribution is -0.113. The average Bonchev–Trinajstić information content (AvgIpc) is 3.15. The van der Waals surface area contributed by atoms with Crippen molar-refractivity contribution >= 4 is 46.6 Å². The summed E-state index contributed by atoms with van der Waals surface area (Å²) >= 11 is 13.2. The molecule has 1 unspecified atom stereocenters. The van der Waals surface area contributed by atoms with Crippen LogP contribution in [0.5, 0.6) is 5.75 Å². The van der Waals surface area contributed by atoms with Crippen molar-refractivity contribution in [1.82, 2.24) is 14.8 Å². The number of rotatable bonds is 10. The number of benzene rings is 2. The van der Waals surface area contributed by atoms with E-state index >= 15 is 0 Å². The molecule has 0 fully saturated rings. The number of hydrogen-bond donors (Lipinski definition) is 1. The zero-order valence-electron chi connectivity index (χ0n) is 17.8. The second kappa shape index (κ2) is 11.4. The minimum atomic E-state index is -0.327. The summed E-state index contributed by atoms with van der Waals surface area (Å²) in [6.07, 6.45) is 2.40. The first-order valence-corrected chi connectivity index (χ1v) is 11.8. The summed E-state index contributed by atoms with van der Waals surface area (Å²) in [5.41, 5.74) is 1.79. The van der Waals surface area contributed by atoms with Gasteiger partial charge in [-0.15, -0.1) is 16.8 Å². The molecule has 9 heteroatoms. The van der Waals surface area contributed by atoms with E-state index in [9.17, 15) is 4.79 Å². The van der Waals surface area contributed by atoms with Gasteiger partial charge in [0.05, 0.1) is 5.75 Å².